The van der Waals surface area contributed by atoms with Crippen molar-refractivity contribution >= 4 is 0 Å². The van der Waals surface area contributed by atoms with Crippen LogP contribution in [0.5, 0.6) is 0 Å². The summed E-state index contributed by atoms with van der Waals surface area (Å²) in [5.74, 6) is 1.06. The van der Waals surface area contributed by atoms with Gasteiger partial charge in [-0.15, -0.1) is 0 Å². The molecule has 1 aromatic rings. The first-order valence-corrected chi connectivity index (χ1v) is 4.61. The van der Waals surface area contributed by atoms with E-state index in [1.165, 1.54) is 17.8 Å². The fourth-order valence-electron chi connectivity index (χ4n) is 1.72. The zero-order valence-corrected chi connectivity index (χ0v) is 7.48. The van der Waals surface area contributed by atoms with Crippen LogP contribution in [-0.2, 0) is 12.8 Å². The molecular formula is C9H15N3. The Morgan fingerprint density at radius 3 is 3.08 bits per heavy atom. The smallest absolute Gasteiger partial charge is 0.103 e. The summed E-state index contributed by atoms with van der Waals surface area (Å²) >= 11 is 0. The van der Waals surface area contributed by atoms with Gasteiger partial charge in [-0.25, -0.2) is 4.98 Å². The van der Waals surface area contributed by atoms with Gasteiger partial charge in [0.05, 0.1) is 5.69 Å². The number of rotatable bonds is 0. The summed E-state index contributed by atoms with van der Waals surface area (Å²) in [4.78, 5) is 7.78. The quantitative estimate of drug-likeness (QED) is 0.597. The zero-order valence-electron chi connectivity index (χ0n) is 7.48. The molecule has 2 heterocycles. The van der Waals surface area contributed by atoms with Gasteiger partial charge in [0.1, 0.15) is 5.82 Å². The summed E-state index contributed by atoms with van der Waals surface area (Å²) in [6, 6.07) is 0. The first-order chi connectivity index (χ1) is 5.86. The lowest BCUT2D eigenvalue weighted by atomic mass is 10.1. The van der Waals surface area contributed by atoms with Gasteiger partial charge < -0.3 is 10.3 Å². The van der Waals surface area contributed by atoms with Crippen LogP contribution in [0.4, 0.5) is 0 Å². The number of hydrogen-bond donors (Lipinski definition) is 2. The third-order valence-electron chi connectivity index (χ3n) is 2.30. The summed E-state index contributed by atoms with van der Waals surface area (Å²) in [5, 5.41) is 3.38. The average Bonchev–Trinajstić information content (AvgIpc) is 2.32. The highest BCUT2D eigenvalue weighted by Crippen LogP contribution is 2.10. The van der Waals surface area contributed by atoms with Crippen molar-refractivity contribution in [3.63, 3.8) is 0 Å². The van der Waals surface area contributed by atoms with Crippen molar-refractivity contribution in [2.45, 2.75) is 26.2 Å². The van der Waals surface area contributed by atoms with Crippen LogP contribution in [0.1, 0.15) is 23.6 Å². The van der Waals surface area contributed by atoms with Gasteiger partial charge in [-0.1, -0.05) is 0 Å². The minimum Gasteiger partial charge on any atom is -0.346 e. The van der Waals surface area contributed by atoms with Crippen LogP contribution in [0, 0.1) is 6.92 Å². The molecule has 0 unspecified atom stereocenters. The lowest BCUT2D eigenvalue weighted by Crippen LogP contribution is -2.22. The molecule has 0 atom stereocenters. The summed E-state index contributed by atoms with van der Waals surface area (Å²) in [6.07, 6.45) is 3.43. The Labute approximate surface area is 72.6 Å². The lowest BCUT2D eigenvalue weighted by molar-refractivity contribution is 0.617. The first-order valence-electron chi connectivity index (χ1n) is 4.61. The highest BCUT2D eigenvalue weighted by atomic mass is 14.9. The second-order valence-corrected chi connectivity index (χ2v) is 3.35. The Kier molecular flexibility index (Phi) is 2.13. The molecule has 0 aliphatic carbocycles. The van der Waals surface area contributed by atoms with Crippen molar-refractivity contribution in [1.82, 2.24) is 15.3 Å². The number of fused-ring (bicyclic) bond motifs is 1. The van der Waals surface area contributed by atoms with Gasteiger partial charge in [-0.2, -0.15) is 0 Å². The molecule has 0 saturated carbocycles. The molecule has 3 heteroatoms. The molecule has 12 heavy (non-hydrogen) atoms. The highest BCUT2D eigenvalue weighted by molar-refractivity contribution is 5.15. The number of H-pyrrole nitrogens is 1. The number of imidazole rings is 1. The van der Waals surface area contributed by atoms with E-state index in [0.29, 0.717) is 0 Å². The summed E-state index contributed by atoms with van der Waals surface area (Å²) in [7, 11) is 0. The Balaban J connectivity index is 2.23. The van der Waals surface area contributed by atoms with Gasteiger partial charge >= 0.3 is 0 Å². The summed E-state index contributed by atoms with van der Waals surface area (Å²) in [5.41, 5.74) is 2.62. The van der Waals surface area contributed by atoms with Crippen LogP contribution in [0.15, 0.2) is 0 Å². The van der Waals surface area contributed by atoms with Crippen LogP contribution < -0.4 is 5.32 Å². The van der Waals surface area contributed by atoms with Crippen LogP contribution in [0.2, 0.25) is 0 Å². The SMILES string of the molecule is Cc1nc2c([nH]1)CCCNCC2. The van der Waals surface area contributed by atoms with Crippen LogP contribution in [0.25, 0.3) is 0 Å². The molecule has 0 aromatic carbocycles. The van der Waals surface area contributed by atoms with Gasteiger partial charge in [0.25, 0.3) is 0 Å². The lowest BCUT2D eigenvalue weighted by Gasteiger charge is -2.08. The Hall–Kier alpha value is -0.830. The van der Waals surface area contributed by atoms with Crippen molar-refractivity contribution in [1.29, 1.82) is 0 Å². The molecule has 0 fully saturated rings. The topological polar surface area (TPSA) is 40.7 Å². The number of aromatic amines is 1. The molecule has 2 rings (SSSR count). The van der Waals surface area contributed by atoms with E-state index in [-0.39, 0.29) is 0 Å². The van der Waals surface area contributed by atoms with E-state index in [4.69, 9.17) is 0 Å². The van der Waals surface area contributed by atoms with E-state index in [1.54, 1.807) is 0 Å². The maximum Gasteiger partial charge on any atom is 0.103 e. The molecule has 66 valence electrons. The molecular weight excluding hydrogens is 150 g/mol. The highest BCUT2D eigenvalue weighted by Gasteiger charge is 2.09. The first kappa shape index (κ1) is 7.80. The van der Waals surface area contributed by atoms with Gasteiger partial charge in [-0.05, 0) is 26.3 Å². The van der Waals surface area contributed by atoms with Crippen molar-refractivity contribution < 1.29 is 0 Å². The van der Waals surface area contributed by atoms with E-state index >= 15 is 0 Å². The second kappa shape index (κ2) is 3.27. The number of aryl methyl sites for hydroxylation is 2. The van der Waals surface area contributed by atoms with E-state index in [1.807, 2.05) is 6.92 Å². The summed E-state index contributed by atoms with van der Waals surface area (Å²) in [6.45, 7) is 4.23. The Bertz CT molecular complexity index is 239. The van der Waals surface area contributed by atoms with Crippen LogP contribution in [-0.4, -0.2) is 23.1 Å². The van der Waals surface area contributed by atoms with Crippen LogP contribution >= 0.6 is 0 Å². The molecule has 0 bridgehead atoms. The van der Waals surface area contributed by atoms with Gasteiger partial charge in [0.2, 0.25) is 0 Å². The number of nitrogens with zero attached hydrogens (tertiary/aromatic N) is 1. The van der Waals surface area contributed by atoms with Crippen molar-refractivity contribution in [3.05, 3.63) is 17.2 Å². The molecule has 3 nitrogen and oxygen atoms in total. The predicted octanol–water partition coefficient (Wildman–Crippen LogP) is 0.796. The normalized spacial score (nSPS) is 18.1. The van der Waals surface area contributed by atoms with Crippen molar-refractivity contribution in [2.75, 3.05) is 13.1 Å². The molecule has 0 spiro atoms. The Morgan fingerprint density at radius 1 is 1.25 bits per heavy atom. The van der Waals surface area contributed by atoms with Crippen molar-refractivity contribution in [2.24, 2.45) is 0 Å². The third-order valence-corrected chi connectivity index (χ3v) is 2.30. The zero-order chi connectivity index (χ0) is 8.39. The number of aromatic nitrogens is 2. The maximum atomic E-state index is 4.46. The number of nitrogens with one attached hydrogen (secondary N) is 2. The largest absolute Gasteiger partial charge is 0.346 e. The second-order valence-electron chi connectivity index (χ2n) is 3.35. The molecule has 2 N–H and O–H groups in total. The Morgan fingerprint density at radius 2 is 2.17 bits per heavy atom. The molecule has 0 amide bonds. The van der Waals surface area contributed by atoms with Crippen LogP contribution in [0.3, 0.4) is 0 Å². The van der Waals surface area contributed by atoms with Gasteiger partial charge in [-0.3, -0.25) is 0 Å². The average molecular weight is 165 g/mol. The number of hydrogen-bond acceptors (Lipinski definition) is 2. The standard InChI is InChI=1S/C9H15N3/c1-7-11-8-3-2-5-10-6-4-9(8)12-7/h10H,2-6H2,1H3,(H,11,12). The molecule has 1 aliphatic rings. The maximum absolute atomic E-state index is 4.46. The minimum atomic E-state index is 1.06. The fraction of sp³-hybridized carbons (Fsp3) is 0.667. The predicted molar refractivity (Wildman–Crippen MR) is 48.2 cm³/mol. The van der Waals surface area contributed by atoms with E-state index in [9.17, 15) is 0 Å². The molecule has 0 saturated heterocycles. The van der Waals surface area contributed by atoms with Crippen molar-refractivity contribution in [3.8, 4) is 0 Å². The van der Waals surface area contributed by atoms with Gasteiger partial charge in [0, 0.05) is 18.7 Å². The molecule has 1 aromatic heterocycles. The monoisotopic (exact) mass is 165 g/mol. The van der Waals surface area contributed by atoms with Gasteiger partial charge in [0.15, 0.2) is 0 Å². The van der Waals surface area contributed by atoms with E-state index < -0.39 is 0 Å². The summed E-state index contributed by atoms with van der Waals surface area (Å²) < 4.78 is 0. The minimum absolute atomic E-state index is 1.06. The van der Waals surface area contributed by atoms with E-state index in [0.717, 1.165) is 31.8 Å². The third kappa shape index (κ3) is 1.50. The molecule has 1 aliphatic heterocycles. The molecule has 0 radical (unpaired) electrons. The fourth-order valence-corrected chi connectivity index (χ4v) is 1.72. The van der Waals surface area contributed by atoms with E-state index in [2.05, 4.69) is 15.3 Å².